The highest BCUT2D eigenvalue weighted by Crippen LogP contribution is 2.26. The Labute approximate surface area is 207 Å². The van der Waals surface area contributed by atoms with Gasteiger partial charge in [0.2, 0.25) is 0 Å². The smallest absolute Gasteiger partial charge is 0.333 e. The number of carbonyl (C=O) groups excluding carboxylic acids is 2. The standard InChI is InChI=1S/C22H16ClFN4O5S2/c1-25-13-2-4-15-16(8-13)12(11-29)10-28(21(15)30)18-5-3-14(9-17(18)24)26-22(31)27-35(32,33)20-7-6-19(23)34-20/h2-11,25H,1H3,(H2,26,27,31). The summed E-state index contributed by atoms with van der Waals surface area (Å²) in [6.07, 6.45) is 1.80. The minimum atomic E-state index is -4.16. The molecule has 4 rings (SSSR count). The molecule has 0 atom stereocenters. The molecule has 2 heterocycles. The summed E-state index contributed by atoms with van der Waals surface area (Å²) in [5, 5.41) is 5.78. The number of aromatic nitrogens is 1. The van der Waals surface area contributed by atoms with Gasteiger partial charge in [0.1, 0.15) is 10.0 Å². The Morgan fingerprint density at radius 1 is 1.09 bits per heavy atom. The van der Waals surface area contributed by atoms with Crippen molar-refractivity contribution in [2.75, 3.05) is 17.7 Å². The number of thiophene rings is 1. The maximum atomic E-state index is 15.0. The zero-order valence-corrected chi connectivity index (χ0v) is 20.2. The average molecular weight is 535 g/mol. The van der Waals surface area contributed by atoms with E-state index in [1.807, 2.05) is 0 Å². The highest BCUT2D eigenvalue weighted by atomic mass is 35.5. The Morgan fingerprint density at radius 3 is 2.46 bits per heavy atom. The summed E-state index contributed by atoms with van der Waals surface area (Å²) in [6.45, 7) is 0. The van der Waals surface area contributed by atoms with Gasteiger partial charge >= 0.3 is 6.03 Å². The molecule has 9 nitrogen and oxygen atoms in total. The molecule has 0 saturated heterocycles. The van der Waals surface area contributed by atoms with Gasteiger partial charge in [-0.3, -0.25) is 14.2 Å². The van der Waals surface area contributed by atoms with Gasteiger partial charge in [0.25, 0.3) is 15.6 Å². The zero-order chi connectivity index (χ0) is 25.3. The van der Waals surface area contributed by atoms with Gasteiger partial charge in [0.05, 0.1) is 10.0 Å². The van der Waals surface area contributed by atoms with Crippen molar-refractivity contribution < 1.29 is 22.4 Å². The van der Waals surface area contributed by atoms with E-state index >= 15 is 0 Å². The minimum Gasteiger partial charge on any atom is -0.388 e. The number of amides is 2. The lowest BCUT2D eigenvalue weighted by atomic mass is 10.1. The number of fused-ring (bicyclic) bond motifs is 1. The summed E-state index contributed by atoms with van der Waals surface area (Å²) in [5.74, 6) is -0.888. The highest BCUT2D eigenvalue weighted by Gasteiger charge is 2.20. The second-order valence-corrected chi connectivity index (χ2v) is 10.8. The number of halogens is 2. The van der Waals surface area contributed by atoms with Crippen molar-refractivity contribution in [2.45, 2.75) is 4.21 Å². The van der Waals surface area contributed by atoms with Crippen molar-refractivity contribution in [1.29, 1.82) is 0 Å². The first-order valence-corrected chi connectivity index (χ1v) is 12.5. The quantitative estimate of drug-likeness (QED) is 0.318. The molecule has 2 aromatic heterocycles. The van der Waals surface area contributed by atoms with Gasteiger partial charge in [-0.2, -0.15) is 0 Å². The van der Waals surface area contributed by atoms with E-state index in [0.717, 1.165) is 22.0 Å². The van der Waals surface area contributed by atoms with Crippen LogP contribution >= 0.6 is 22.9 Å². The number of urea groups is 1. The number of rotatable bonds is 6. The monoisotopic (exact) mass is 534 g/mol. The normalized spacial score (nSPS) is 11.3. The second-order valence-electron chi connectivity index (χ2n) is 7.17. The average Bonchev–Trinajstić information content (AvgIpc) is 3.26. The number of carbonyl (C=O) groups is 2. The summed E-state index contributed by atoms with van der Waals surface area (Å²) in [7, 11) is -2.47. The fraction of sp³-hybridized carbons (Fsp3) is 0.0455. The van der Waals surface area contributed by atoms with E-state index in [-0.39, 0.29) is 30.9 Å². The van der Waals surface area contributed by atoms with E-state index in [0.29, 0.717) is 17.4 Å². The predicted octanol–water partition coefficient (Wildman–Crippen LogP) is 4.21. The number of nitrogens with zero attached hydrogens (tertiary/aromatic N) is 1. The third-order valence-electron chi connectivity index (χ3n) is 4.97. The Bertz CT molecular complexity index is 1650. The van der Waals surface area contributed by atoms with Crippen LogP contribution in [-0.2, 0) is 10.0 Å². The van der Waals surface area contributed by atoms with Crippen LogP contribution < -0.4 is 20.9 Å². The lowest BCUT2D eigenvalue weighted by Crippen LogP contribution is -2.34. The Balaban J connectivity index is 1.63. The third-order valence-corrected chi connectivity index (χ3v) is 8.02. The van der Waals surface area contributed by atoms with Crippen LogP contribution in [0.25, 0.3) is 16.5 Å². The molecule has 2 aromatic carbocycles. The van der Waals surface area contributed by atoms with Gasteiger partial charge in [-0.25, -0.2) is 22.3 Å². The fourth-order valence-electron chi connectivity index (χ4n) is 3.35. The van der Waals surface area contributed by atoms with Gasteiger partial charge < -0.3 is 10.6 Å². The molecule has 13 heteroatoms. The molecule has 0 aliphatic carbocycles. The van der Waals surface area contributed by atoms with E-state index in [1.165, 1.54) is 36.5 Å². The third kappa shape index (κ3) is 4.90. The largest absolute Gasteiger partial charge is 0.388 e. The number of hydrogen-bond donors (Lipinski definition) is 3. The van der Waals surface area contributed by atoms with Crippen LogP contribution in [0.1, 0.15) is 10.4 Å². The summed E-state index contributed by atoms with van der Waals surface area (Å²) in [4.78, 5) is 36.8. The molecule has 3 N–H and O–H groups in total. The summed E-state index contributed by atoms with van der Waals surface area (Å²) >= 11 is 6.50. The molecule has 0 aliphatic rings. The van der Waals surface area contributed by atoms with Crippen LogP contribution in [0.3, 0.4) is 0 Å². The molecule has 0 spiro atoms. The molecule has 2 amide bonds. The lowest BCUT2D eigenvalue weighted by Gasteiger charge is -2.13. The molecule has 0 saturated carbocycles. The minimum absolute atomic E-state index is 0.0636. The van der Waals surface area contributed by atoms with Gasteiger partial charge in [-0.1, -0.05) is 11.6 Å². The number of aldehydes is 1. The zero-order valence-electron chi connectivity index (χ0n) is 17.8. The second kappa shape index (κ2) is 9.49. The van der Waals surface area contributed by atoms with Crippen molar-refractivity contribution >= 4 is 67.4 Å². The SMILES string of the molecule is CNc1ccc2c(=O)n(-c3ccc(NC(=O)NS(=O)(=O)c4ccc(Cl)s4)cc3F)cc(C=O)c2c1. The van der Waals surface area contributed by atoms with Crippen molar-refractivity contribution in [2.24, 2.45) is 0 Å². The topological polar surface area (TPSA) is 126 Å². The first kappa shape index (κ1) is 24.4. The molecule has 0 radical (unpaired) electrons. The summed E-state index contributed by atoms with van der Waals surface area (Å²) in [6, 6.07) is 9.76. The van der Waals surface area contributed by atoms with Crippen LogP contribution in [0.2, 0.25) is 4.34 Å². The van der Waals surface area contributed by atoms with Crippen molar-refractivity contribution in [3.8, 4) is 5.69 Å². The van der Waals surface area contributed by atoms with Crippen LogP contribution in [0.4, 0.5) is 20.6 Å². The highest BCUT2D eigenvalue weighted by molar-refractivity contribution is 7.92. The van der Waals surface area contributed by atoms with Crippen molar-refractivity contribution in [3.05, 3.63) is 80.8 Å². The first-order chi connectivity index (χ1) is 16.6. The Kier molecular flexibility index (Phi) is 6.61. The molecule has 0 fully saturated rings. The van der Waals surface area contributed by atoms with Crippen LogP contribution in [0.15, 0.2) is 63.7 Å². The van der Waals surface area contributed by atoms with Crippen molar-refractivity contribution in [3.63, 3.8) is 0 Å². The molecular weight excluding hydrogens is 519 g/mol. The van der Waals surface area contributed by atoms with Gasteiger partial charge in [-0.05, 0) is 48.5 Å². The van der Waals surface area contributed by atoms with E-state index in [2.05, 4.69) is 10.6 Å². The molecule has 4 aromatic rings. The van der Waals surface area contributed by atoms with E-state index < -0.39 is 27.4 Å². The number of nitrogens with one attached hydrogen (secondary N) is 3. The van der Waals surface area contributed by atoms with E-state index in [4.69, 9.17) is 11.6 Å². The number of anilines is 2. The maximum Gasteiger partial charge on any atom is 0.333 e. The summed E-state index contributed by atoms with van der Waals surface area (Å²) in [5.41, 5.74) is 0.0977. The Hall–Kier alpha value is -3.74. The number of sulfonamides is 1. The van der Waals surface area contributed by atoms with Crippen molar-refractivity contribution in [1.82, 2.24) is 9.29 Å². The number of hydrogen-bond acceptors (Lipinski definition) is 7. The lowest BCUT2D eigenvalue weighted by molar-refractivity contribution is 0.112. The fourth-order valence-corrected chi connectivity index (χ4v) is 5.74. The van der Waals surface area contributed by atoms with E-state index in [9.17, 15) is 27.2 Å². The van der Waals surface area contributed by atoms with Gasteiger partial charge in [-0.15, -0.1) is 11.3 Å². The molecule has 180 valence electrons. The Morgan fingerprint density at radius 2 is 1.83 bits per heavy atom. The van der Waals surface area contributed by atoms with Crippen LogP contribution in [0.5, 0.6) is 0 Å². The van der Waals surface area contributed by atoms with Crippen LogP contribution in [0, 0.1) is 5.82 Å². The maximum absolute atomic E-state index is 15.0. The molecule has 0 aliphatic heterocycles. The number of pyridine rings is 1. The molecule has 0 bridgehead atoms. The predicted molar refractivity (Wildman–Crippen MR) is 133 cm³/mol. The van der Waals surface area contributed by atoms with Crippen LogP contribution in [-0.4, -0.2) is 32.3 Å². The molecule has 35 heavy (non-hydrogen) atoms. The number of benzene rings is 2. The first-order valence-electron chi connectivity index (χ1n) is 9.84. The van der Waals surface area contributed by atoms with Gasteiger partial charge in [0.15, 0.2) is 6.29 Å². The molecule has 0 unspecified atom stereocenters. The summed E-state index contributed by atoms with van der Waals surface area (Å²) < 4.78 is 42.3. The van der Waals surface area contributed by atoms with E-state index in [1.54, 1.807) is 23.9 Å². The van der Waals surface area contributed by atoms with Gasteiger partial charge in [0, 0.05) is 41.0 Å². The molecular formula is C22H16ClFN4O5S2.